The molecule has 0 spiro atoms. The van der Waals surface area contributed by atoms with Gasteiger partial charge in [0.1, 0.15) is 0 Å². The highest BCUT2D eigenvalue weighted by molar-refractivity contribution is 5.67. The Balaban J connectivity index is 1.61. The Bertz CT molecular complexity index is 871. The summed E-state index contributed by atoms with van der Waals surface area (Å²) in [6.45, 7) is 7.30. The van der Waals surface area contributed by atoms with E-state index in [1.165, 1.54) is 22.3 Å². The first kappa shape index (κ1) is 17.0. The molecule has 1 fully saturated rings. The SMILES string of the molecule is Cc1ccn(-c2cc(-c3ccc(C4CCNCCN4)cc3)ccc2C)n1. The zero-order valence-electron chi connectivity index (χ0n) is 15.5. The molecular formula is C22H26N4. The van der Waals surface area contributed by atoms with E-state index in [4.69, 9.17) is 0 Å². The van der Waals surface area contributed by atoms with E-state index in [1.54, 1.807) is 0 Å². The summed E-state index contributed by atoms with van der Waals surface area (Å²) in [5.74, 6) is 0. The van der Waals surface area contributed by atoms with E-state index in [9.17, 15) is 0 Å². The molecule has 0 bridgehead atoms. The van der Waals surface area contributed by atoms with Crippen LogP contribution in [0.15, 0.2) is 54.7 Å². The summed E-state index contributed by atoms with van der Waals surface area (Å²) in [7, 11) is 0. The lowest BCUT2D eigenvalue weighted by Crippen LogP contribution is -2.23. The van der Waals surface area contributed by atoms with Crippen molar-refractivity contribution in [1.29, 1.82) is 0 Å². The summed E-state index contributed by atoms with van der Waals surface area (Å²) in [6, 6.07) is 18.1. The van der Waals surface area contributed by atoms with Gasteiger partial charge in [0.15, 0.2) is 0 Å². The third-order valence-electron chi connectivity index (χ3n) is 5.13. The lowest BCUT2D eigenvalue weighted by atomic mass is 9.98. The lowest BCUT2D eigenvalue weighted by Gasteiger charge is -2.16. The van der Waals surface area contributed by atoms with Crippen LogP contribution in [-0.4, -0.2) is 29.4 Å². The van der Waals surface area contributed by atoms with Gasteiger partial charge < -0.3 is 10.6 Å². The number of rotatable bonds is 3. The first-order valence-corrected chi connectivity index (χ1v) is 9.38. The van der Waals surface area contributed by atoms with Gasteiger partial charge >= 0.3 is 0 Å². The monoisotopic (exact) mass is 346 g/mol. The molecule has 26 heavy (non-hydrogen) atoms. The summed E-state index contributed by atoms with van der Waals surface area (Å²) < 4.78 is 1.96. The Morgan fingerprint density at radius 2 is 1.73 bits per heavy atom. The minimum Gasteiger partial charge on any atom is -0.315 e. The van der Waals surface area contributed by atoms with E-state index < -0.39 is 0 Å². The van der Waals surface area contributed by atoms with E-state index in [1.807, 2.05) is 23.9 Å². The fourth-order valence-electron chi connectivity index (χ4n) is 3.59. The highest BCUT2D eigenvalue weighted by Crippen LogP contribution is 2.27. The first-order chi connectivity index (χ1) is 12.7. The van der Waals surface area contributed by atoms with Crippen LogP contribution in [0.5, 0.6) is 0 Å². The van der Waals surface area contributed by atoms with Gasteiger partial charge in [0, 0.05) is 25.3 Å². The number of nitrogens with zero attached hydrogens (tertiary/aromatic N) is 2. The normalized spacial score (nSPS) is 17.8. The second kappa shape index (κ2) is 7.44. The zero-order valence-corrected chi connectivity index (χ0v) is 15.5. The van der Waals surface area contributed by atoms with Gasteiger partial charge in [-0.2, -0.15) is 5.10 Å². The fourth-order valence-corrected chi connectivity index (χ4v) is 3.59. The van der Waals surface area contributed by atoms with Crippen molar-refractivity contribution < 1.29 is 0 Å². The molecule has 1 saturated heterocycles. The largest absolute Gasteiger partial charge is 0.315 e. The van der Waals surface area contributed by atoms with Gasteiger partial charge in [-0.1, -0.05) is 36.4 Å². The maximum atomic E-state index is 4.56. The predicted octanol–water partition coefficient (Wildman–Crippen LogP) is 3.78. The van der Waals surface area contributed by atoms with Crippen LogP contribution in [0.4, 0.5) is 0 Å². The minimum atomic E-state index is 0.444. The van der Waals surface area contributed by atoms with Crippen LogP contribution in [0, 0.1) is 13.8 Å². The molecule has 0 radical (unpaired) electrons. The Hall–Kier alpha value is -2.43. The molecule has 1 unspecified atom stereocenters. The summed E-state index contributed by atoms with van der Waals surface area (Å²) >= 11 is 0. The van der Waals surface area contributed by atoms with Gasteiger partial charge in [0.05, 0.1) is 11.4 Å². The van der Waals surface area contributed by atoms with Crippen molar-refractivity contribution in [2.24, 2.45) is 0 Å². The average molecular weight is 346 g/mol. The van der Waals surface area contributed by atoms with Crippen LogP contribution in [-0.2, 0) is 0 Å². The van der Waals surface area contributed by atoms with Crippen molar-refractivity contribution in [2.75, 3.05) is 19.6 Å². The van der Waals surface area contributed by atoms with Crippen LogP contribution in [0.25, 0.3) is 16.8 Å². The number of aromatic nitrogens is 2. The van der Waals surface area contributed by atoms with Crippen LogP contribution in [0.2, 0.25) is 0 Å². The number of hydrogen-bond acceptors (Lipinski definition) is 3. The standard InChI is InChI=1S/C22H26N4/c1-16-3-4-20(15-22(16)26-14-10-17(2)25-26)18-5-7-19(8-6-18)21-9-11-23-12-13-24-21/h3-8,10,14-15,21,23-24H,9,11-13H2,1-2H3. The number of benzene rings is 2. The van der Waals surface area contributed by atoms with Gasteiger partial charge in [-0.15, -0.1) is 0 Å². The van der Waals surface area contributed by atoms with E-state index in [2.05, 4.69) is 65.1 Å². The Kier molecular flexibility index (Phi) is 4.87. The molecule has 0 saturated carbocycles. The lowest BCUT2D eigenvalue weighted by molar-refractivity contribution is 0.549. The predicted molar refractivity (Wildman–Crippen MR) is 107 cm³/mol. The molecular weight excluding hydrogens is 320 g/mol. The van der Waals surface area contributed by atoms with Crippen LogP contribution < -0.4 is 10.6 Å². The van der Waals surface area contributed by atoms with E-state index in [0.717, 1.165) is 37.4 Å². The van der Waals surface area contributed by atoms with Gasteiger partial charge in [-0.3, -0.25) is 0 Å². The van der Waals surface area contributed by atoms with Crippen molar-refractivity contribution in [2.45, 2.75) is 26.3 Å². The van der Waals surface area contributed by atoms with Crippen LogP contribution in [0.1, 0.15) is 29.3 Å². The van der Waals surface area contributed by atoms with Crippen LogP contribution >= 0.6 is 0 Å². The Labute approximate surface area is 155 Å². The molecule has 4 rings (SSSR count). The zero-order chi connectivity index (χ0) is 17.9. The molecule has 1 aliphatic heterocycles. The second-order valence-electron chi connectivity index (χ2n) is 7.07. The molecule has 0 amide bonds. The Morgan fingerprint density at radius 1 is 0.923 bits per heavy atom. The van der Waals surface area contributed by atoms with E-state index in [0.29, 0.717) is 6.04 Å². The number of aryl methyl sites for hydroxylation is 2. The molecule has 2 heterocycles. The molecule has 0 aliphatic carbocycles. The molecule has 1 aromatic heterocycles. The summed E-state index contributed by atoms with van der Waals surface area (Å²) in [5, 5.41) is 11.6. The van der Waals surface area contributed by atoms with Crippen molar-refractivity contribution in [3.8, 4) is 16.8 Å². The second-order valence-corrected chi connectivity index (χ2v) is 7.07. The van der Waals surface area contributed by atoms with E-state index in [-0.39, 0.29) is 0 Å². The topological polar surface area (TPSA) is 41.9 Å². The third-order valence-corrected chi connectivity index (χ3v) is 5.13. The summed E-state index contributed by atoms with van der Waals surface area (Å²) in [6.07, 6.45) is 3.16. The third kappa shape index (κ3) is 3.57. The summed E-state index contributed by atoms with van der Waals surface area (Å²) in [5.41, 5.74) is 7.23. The van der Waals surface area contributed by atoms with Crippen molar-refractivity contribution in [1.82, 2.24) is 20.4 Å². The minimum absolute atomic E-state index is 0.444. The molecule has 2 aromatic carbocycles. The highest BCUT2D eigenvalue weighted by atomic mass is 15.3. The molecule has 3 aromatic rings. The average Bonchev–Trinajstić information content (AvgIpc) is 2.92. The van der Waals surface area contributed by atoms with Crippen molar-refractivity contribution >= 4 is 0 Å². The first-order valence-electron chi connectivity index (χ1n) is 9.38. The fraction of sp³-hybridized carbons (Fsp3) is 0.318. The van der Waals surface area contributed by atoms with Gasteiger partial charge in [-0.25, -0.2) is 4.68 Å². The van der Waals surface area contributed by atoms with Gasteiger partial charge in [0.25, 0.3) is 0 Å². The van der Waals surface area contributed by atoms with Gasteiger partial charge in [0.2, 0.25) is 0 Å². The quantitative estimate of drug-likeness (QED) is 0.758. The highest BCUT2D eigenvalue weighted by Gasteiger charge is 2.13. The molecule has 134 valence electrons. The molecule has 4 nitrogen and oxygen atoms in total. The maximum Gasteiger partial charge on any atom is 0.0680 e. The van der Waals surface area contributed by atoms with Crippen molar-refractivity contribution in [3.05, 3.63) is 71.5 Å². The molecule has 1 atom stereocenters. The molecule has 2 N–H and O–H groups in total. The smallest absolute Gasteiger partial charge is 0.0680 e. The Morgan fingerprint density at radius 3 is 2.50 bits per heavy atom. The number of nitrogens with one attached hydrogen (secondary N) is 2. The van der Waals surface area contributed by atoms with Crippen molar-refractivity contribution in [3.63, 3.8) is 0 Å². The van der Waals surface area contributed by atoms with E-state index >= 15 is 0 Å². The maximum absolute atomic E-state index is 4.56. The van der Waals surface area contributed by atoms with Crippen LogP contribution in [0.3, 0.4) is 0 Å². The van der Waals surface area contributed by atoms with Gasteiger partial charge in [-0.05, 0) is 61.2 Å². The summed E-state index contributed by atoms with van der Waals surface area (Å²) in [4.78, 5) is 0. The molecule has 1 aliphatic rings. The molecule has 4 heteroatoms. The number of hydrogen-bond donors (Lipinski definition) is 2.